The number of rotatable bonds is 6. The molecule has 0 saturated heterocycles. The van der Waals surface area contributed by atoms with Crippen molar-refractivity contribution in [2.75, 3.05) is 26.2 Å². The van der Waals surface area contributed by atoms with Gasteiger partial charge in [-0.25, -0.2) is 4.98 Å². The molecule has 3 rings (SSSR count). The molecule has 0 spiro atoms. The van der Waals surface area contributed by atoms with Crippen LogP contribution in [0.1, 0.15) is 24.5 Å². The third-order valence-electron chi connectivity index (χ3n) is 4.51. The van der Waals surface area contributed by atoms with Crippen LogP contribution < -0.4 is 0 Å². The summed E-state index contributed by atoms with van der Waals surface area (Å²) in [5.41, 5.74) is 0. The maximum Gasteiger partial charge on any atom is 0.122 e. The van der Waals surface area contributed by atoms with E-state index in [2.05, 4.69) is 56.9 Å². The molecule has 0 radical (unpaired) electrons. The van der Waals surface area contributed by atoms with E-state index in [0.29, 0.717) is 5.92 Å². The van der Waals surface area contributed by atoms with E-state index in [-0.39, 0.29) is 0 Å². The molecular formula is C17H26N4S. The van der Waals surface area contributed by atoms with Gasteiger partial charge in [0.2, 0.25) is 0 Å². The molecule has 0 amide bonds. The van der Waals surface area contributed by atoms with Crippen molar-refractivity contribution in [3.63, 3.8) is 0 Å². The Morgan fingerprint density at radius 1 is 1.32 bits per heavy atom. The van der Waals surface area contributed by atoms with E-state index in [4.69, 9.17) is 0 Å². The van der Waals surface area contributed by atoms with Crippen LogP contribution in [-0.2, 0) is 19.6 Å². The van der Waals surface area contributed by atoms with Crippen molar-refractivity contribution in [2.45, 2.75) is 33.5 Å². The molecule has 1 aliphatic heterocycles. The molecule has 0 aromatic carbocycles. The van der Waals surface area contributed by atoms with Crippen LogP contribution >= 0.6 is 11.3 Å². The molecule has 2 aromatic rings. The van der Waals surface area contributed by atoms with Crippen LogP contribution in [0.4, 0.5) is 0 Å². The van der Waals surface area contributed by atoms with Crippen molar-refractivity contribution in [3.8, 4) is 0 Å². The first-order chi connectivity index (χ1) is 10.8. The van der Waals surface area contributed by atoms with Crippen LogP contribution in [0.3, 0.4) is 0 Å². The summed E-state index contributed by atoms with van der Waals surface area (Å²) in [6.07, 6.45) is 4.08. The highest BCUT2D eigenvalue weighted by Crippen LogP contribution is 2.20. The summed E-state index contributed by atoms with van der Waals surface area (Å²) in [6, 6.07) is 4.38. The summed E-state index contributed by atoms with van der Waals surface area (Å²) in [7, 11) is 0. The van der Waals surface area contributed by atoms with Crippen LogP contribution in [0.2, 0.25) is 0 Å². The van der Waals surface area contributed by atoms with Gasteiger partial charge in [-0.1, -0.05) is 19.9 Å². The van der Waals surface area contributed by atoms with Gasteiger partial charge in [0.1, 0.15) is 5.82 Å². The van der Waals surface area contributed by atoms with Crippen molar-refractivity contribution in [1.82, 2.24) is 19.4 Å². The lowest BCUT2D eigenvalue weighted by Crippen LogP contribution is -2.36. The Morgan fingerprint density at radius 2 is 2.18 bits per heavy atom. The molecule has 3 heterocycles. The number of fused-ring (bicyclic) bond motifs is 1. The van der Waals surface area contributed by atoms with Gasteiger partial charge in [0.25, 0.3) is 0 Å². The van der Waals surface area contributed by atoms with Gasteiger partial charge in [0.05, 0.1) is 6.54 Å². The highest BCUT2D eigenvalue weighted by Gasteiger charge is 2.23. The van der Waals surface area contributed by atoms with Crippen molar-refractivity contribution in [3.05, 3.63) is 40.6 Å². The second-order valence-electron chi connectivity index (χ2n) is 6.10. The predicted molar refractivity (Wildman–Crippen MR) is 91.9 cm³/mol. The number of aromatic nitrogens is 2. The van der Waals surface area contributed by atoms with Crippen molar-refractivity contribution >= 4 is 11.3 Å². The zero-order valence-electron chi connectivity index (χ0n) is 13.6. The molecule has 0 bridgehead atoms. The Kier molecular flexibility index (Phi) is 5.28. The van der Waals surface area contributed by atoms with Gasteiger partial charge in [0, 0.05) is 49.4 Å². The van der Waals surface area contributed by atoms with Gasteiger partial charge in [-0.2, -0.15) is 0 Å². The van der Waals surface area contributed by atoms with E-state index in [0.717, 1.165) is 39.3 Å². The van der Waals surface area contributed by atoms with Crippen LogP contribution in [0.5, 0.6) is 0 Å². The maximum atomic E-state index is 4.56. The fraction of sp³-hybridized carbons (Fsp3) is 0.588. The second-order valence-corrected chi connectivity index (χ2v) is 7.13. The zero-order chi connectivity index (χ0) is 15.4. The highest BCUT2D eigenvalue weighted by atomic mass is 32.1. The Hall–Kier alpha value is -1.17. The lowest BCUT2D eigenvalue weighted by molar-refractivity contribution is 0.175. The lowest BCUT2D eigenvalue weighted by atomic mass is 10.1. The summed E-state index contributed by atoms with van der Waals surface area (Å²) in [6.45, 7) is 12.2. The largest absolute Gasteiger partial charge is 0.333 e. The molecule has 22 heavy (non-hydrogen) atoms. The minimum atomic E-state index is 0.662. The SMILES string of the molecule is CCN(CC)CC1CN(Cc2cccs2)Cc2nccn2C1. The first-order valence-electron chi connectivity index (χ1n) is 8.25. The number of imidazole rings is 1. The van der Waals surface area contributed by atoms with Gasteiger partial charge < -0.3 is 9.47 Å². The molecule has 1 unspecified atom stereocenters. The fourth-order valence-electron chi connectivity index (χ4n) is 3.33. The normalized spacial score (nSPS) is 19.3. The third-order valence-corrected chi connectivity index (χ3v) is 5.37. The van der Waals surface area contributed by atoms with Crippen molar-refractivity contribution in [1.29, 1.82) is 0 Å². The summed E-state index contributed by atoms with van der Waals surface area (Å²) < 4.78 is 2.35. The molecule has 0 fully saturated rings. The molecule has 1 atom stereocenters. The summed E-state index contributed by atoms with van der Waals surface area (Å²) in [4.78, 5) is 11.1. The van der Waals surface area contributed by atoms with Gasteiger partial charge in [-0.05, 0) is 24.5 Å². The standard InChI is InChI=1S/C17H26N4S/c1-3-19(4-2)10-15-11-20(13-16-6-5-9-22-16)14-17-18-7-8-21(17)12-15/h5-9,15H,3-4,10-14H2,1-2H3. The lowest BCUT2D eigenvalue weighted by Gasteiger charge is -2.28. The molecule has 0 aliphatic carbocycles. The monoisotopic (exact) mass is 318 g/mol. The minimum absolute atomic E-state index is 0.662. The van der Waals surface area contributed by atoms with Crippen LogP contribution in [0.25, 0.3) is 0 Å². The maximum absolute atomic E-state index is 4.56. The first kappa shape index (κ1) is 15.7. The average Bonchev–Trinajstić information content (AvgIpc) is 3.14. The van der Waals surface area contributed by atoms with E-state index < -0.39 is 0 Å². The molecule has 2 aromatic heterocycles. The molecule has 0 N–H and O–H groups in total. The van der Waals surface area contributed by atoms with Crippen molar-refractivity contribution < 1.29 is 0 Å². The number of hydrogen-bond acceptors (Lipinski definition) is 4. The number of thiophene rings is 1. The molecule has 1 aliphatic rings. The first-order valence-corrected chi connectivity index (χ1v) is 9.13. The molecule has 4 nitrogen and oxygen atoms in total. The number of hydrogen-bond donors (Lipinski definition) is 0. The van der Waals surface area contributed by atoms with Gasteiger partial charge in [-0.15, -0.1) is 11.3 Å². The van der Waals surface area contributed by atoms with Gasteiger partial charge in [0.15, 0.2) is 0 Å². The van der Waals surface area contributed by atoms with E-state index in [1.54, 1.807) is 0 Å². The molecule has 120 valence electrons. The van der Waals surface area contributed by atoms with E-state index in [1.165, 1.54) is 17.2 Å². The van der Waals surface area contributed by atoms with E-state index in [1.807, 2.05) is 17.5 Å². The second kappa shape index (κ2) is 7.40. The third kappa shape index (κ3) is 3.77. The Morgan fingerprint density at radius 3 is 2.91 bits per heavy atom. The van der Waals surface area contributed by atoms with Crippen LogP contribution in [0.15, 0.2) is 29.9 Å². The highest BCUT2D eigenvalue weighted by molar-refractivity contribution is 7.09. The van der Waals surface area contributed by atoms with E-state index in [9.17, 15) is 0 Å². The summed E-state index contributed by atoms with van der Waals surface area (Å²) in [5.74, 6) is 1.87. The topological polar surface area (TPSA) is 24.3 Å². The summed E-state index contributed by atoms with van der Waals surface area (Å²) >= 11 is 1.85. The van der Waals surface area contributed by atoms with E-state index >= 15 is 0 Å². The number of nitrogens with zero attached hydrogens (tertiary/aromatic N) is 4. The van der Waals surface area contributed by atoms with Gasteiger partial charge in [-0.3, -0.25) is 4.90 Å². The Labute approximate surface area is 137 Å². The molecule has 5 heteroatoms. The molecule has 0 saturated carbocycles. The van der Waals surface area contributed by atoms with Crippen molar-refractivity contribution in [2.24, 2.45) is 5.92 Å². The average molecular weight is 318 g/mol. The summed E-state index contributed by atoms with van der Waals surface area (Å²) in [5, 5.41) is 2.17. The molecular weight excluding hydrogens is 292 g/mol. The Balaban J connectivity index is 1.73. The minimum Gasteiger partial charge on any atom is -0.333 e. The fourth-order valence-corrected chi connectivity index (χ4v) is 4.08. The van der Waals surface area contributed by atoms with Crippen LogP contribution in [0, 0.1) is 5.92 Å². The Bertz CT molecular complexity index is 559. The van der Waals surface area contributed by atoms with Gasteiger partial charge >= 0.3 is 0 Å². The van der Waals surface area contributed by atoms with Crippen LogP contribution in [-0.4, -0.2) is 45.5 Å². The predicted octanol–water partition coefficient (Wildman–Crippen LogP) is 2.92. The smallest absolute Gasteiger partial charge is 0.122 e. The zero-order valence-corrected chi connectivity index (χ0v) is 14.4. The quantitative estimate of drug-likeness (QED) is 0.818.